The van der Waals surface area contributed by atoms with Crippen LogP contribution in [0.5, 0.6) is 0 Å². The summed E-state index contributed by atoms with van der Waals surface area (Å²) < 4.78 is 0. The lowest BCUT2D eigenvalue weighted by molar-refractivity contribution is 0.0884. The third-order valence-corrected chi connectivity index (χ3v) is 2.39. The second-order valence-electron chi connectivity index (χ2n) is 4.87. The maximum atomic E-state index is 9.81. The first-order valence-electron chi connectivity index (χ1n) is 5.84. The fraction of sp³-hybridized carbons (Fsp3) is 0.667. The zero-order chi connectivity index (χ0) is 13.1. The van der Waals surface area contributed by atoms with Crippen LogP contribution >= 0.6 is 0 Å². The molecule has 0 spiro atoms. The fourth-order valence-corrected chi connectivity index (χ4v) is 1.83. The molecule has 1 aromatic heterocycles. The Morgan fingerprint density at radius 3 is 2.59 bits per heavy atom. The van der Waals surface area contributed by atoms with Crippen LogP contribution in [0.3, 0.4) is 0 Å². The Labute approximate surface area is 103 Å². The number of likely N-dealkylation sites (N-methyl/N-ethyl adjacent to an activating group) is 1. The van der Waals surface area contributed by atoms with Gasteiger partial charge >= 0.3 is 0 Å². The monoisotopic (exact) mass is 238 g/mol. The smallest absolute Gasteiger partial charge is 0.136 e. The van der Waals surface area contributed by atoms with Gasteiger partial charge in [0.25, 0.3) is 0 Å². The Morgan fingerprint density at radius 1 is 1.41 bits per heavy atom. The molecule has 5 heteroatoms. The van der Waals surface area contributed by atoms with Crippen LogP contribution in [-0.4, -0.2) is 40.8 Å². The van der Waals surface area contributed by atoms with Gasteiger partial charge in [-0.15, -0.1) is 0 Å². The van der Waals surface area contributed by atoms with Crippen LogP contribution in [0.1, 0.15) is 26.3 Å². The maximum absolute atomic E-state index is 9.81. The van der Waals surface area contributed by atoms with Crippen LogP contribution in [-0.2, 0) is 0 Å². The lowest BCUT2D eigenvalue weighted by Gasteiger charge is -2.27. The molecule has 0 unspecified atom stereocenters. The van der Waals surface area contributed by atoms with Crippen LogP contribution in [0.4, 0.5) is 11.6 Å². The highest BCUT2D eigenvalue weighted by Gasteiger charge is 2.18. The number of aromatic nitrogens is 2. The summed E-state index contributed by atoms with van der Waals surface area (Å²) >= 11 is 0. The molecule has 0 saturated carbocycles. The van der Waals surface area contributed by atoms with Crippen LogP contribution in [0.2, 0.25) is 0 Å². The first kappa shape index (κ1) is 13.7. The highest BCUT2D eigenvalue weighted by Crippen LogP contribution is 2.22. The van der Waals surface area contributed by atoms with Crippen molar-refractivity contribution in [3.8, 4) is 0 Å². The summed E-state index contributed by atoms with van der Waals surface area (Å²) in [6.07, 6.45) is 1.54. The molecule has 2 N–H and O–H groups in total. The highest BCUT2D eigenvalue weighted by molar-refractivity contribution is 5.57. The highest BCUT2D eigenvalue weighted by atomic mass is 16.3. The summed E-state index contributed by atoms with van der Waals surface area (Å²) in [6.45, 7) is 8.93. The van der Waals surface area contributed by atoms with Crippen molar-refractivity contribution in [2.24, 2.45) is 0 Å². The van der Waals surface area contributed by atoms with Crippen LogP contribution in [0, 0.1) is 6.92 Å². The third kappa shape index (κ3) is 3.85. The van der Waals surface area contributed by atoms with Gasteiger partial charge in [0.1, 0.15) is 18.0 Å². The van der Waals surface area contributed by atoms with Crippen LogP contribution < -0.4 is 10.2 Å². The van der Waals surface area contributed by atoms with Gasteiger partial charge in [-0.05, 0) is 27.7 Å². The minimum absolute atomic E-state index is 0.524. The van der Waals surface area contributed by atoms with Gasteiger partial charge in [0.2, 0.25) is 0 Å². The van der Waals surface area contributed by atoms with E-state index in [1.165, 1.54) is 0 Å². The molecule has 96 valence electrons. The van der Waals surface area contributed by atoms with E-state index in [1.54, 1.807) is 20.2 Å². The lowest BCUT2D eigenvalue weighted by Crippen LogP contribution is -2.37. The summed E-state index contributed by atoms with van der Waals surface area (Å²) in [7, 11) is 1.92. The van der Waals surface area contributed by atoms with Gasteiger partial charge in [0.05, 0.1) is 5.60 Å². The molecule has 0 saturated heterocycles. The molecule has 1 rings (SSSR count). The Morgan fingerprint density at radius 2 is 2.06 bits per heavy atom. The molecule has 5 nitrogen and oxygen atoms in total. The van der Waals surface area contributed by atoms with E-state index in [2.05, 4.69) is 15.3 Å². The molecular weight excluding hydrogens is 216 g/mol. The first-order valence-corrected chi connectivity index (χ1v) is 5.84. The zero-order valence-electron chi connectivity index (χ0n) is 11.3. The summed E-state index contributed by atoms with van der Waals surface area (Å²) in [5.74, 6) is 1.69. The van der Waals surface area contributed by atoms with E-state index in [0.29, 0.717) is 6.54 Å². The molecule has 0 bridgehead atoms. The second-order valence-corrected chi connectivity index (χ2v) is 4.87. The van der Waals surface area contributed by atoms with Crippen molar-refractivity contribution >= 4 is 11.6 Å². The molecule has 0 aliphatic rings. The van der Waals surface area contributed by atoms with E-state index in [1.807, 2.05) is 25.8 Å². The minimum Gasteiger partial charge on any atom is -0.389 e. The Hall–Kier alpha value is -1.36. The second kappa shape index (κ2) is 5.31. The standard InChI is InChI=1S/C12H22N4O/c1-6-13-10-9(2)11(15-8-14-10)16(5)7-12(3,4)17/h8,17H,6-7H2,1-5H3,(H,13,14,15). The average molecular weight is 238 g/mol. The molecule has 0 aliphatic heterocycles. The molecule has 0 aliphatic carbocycles. The van der Waals surface area contributed by atoms with E-state index >= 15 is 0 Å². The maximum Gasteiger partial charge on any atom is 0.136 e. The predicted molar refractivity (Wildman–Crippen MR) is 70.5 cm³/mol. The molecule has 0 aromatic carbocycles. The van der Waals surface area contributed by atoms with Crippen molar-refractivity contribution in [1.82, 2.24) is 9.97 Å². The number of rotatable bonds is 5. The van der Waals surface area contributed by atoms with Crippen LogP contribution in [0.25, 0.3) is 0 Å². The van der Waals surface area contributed by atoms with E-state index < -0.39 is 5.60 Å². The average Bonchev–Trinajstić information content (AvgIpc) is 2.18. The van der Waals surface area contributed by atoms with Gasteiger partial charge in [-0.1, -0.05) is 0 Å². The van der Waals surface area contributed by atoms with Gasteiger partial charge in [-0.25, -0.2) is 9.97 Å². The topological polar surface area (TPSA) is 61.3 Å². The lowest BCUT2D eigenvalue weighted by atomic mass is 10.1. The Kier molecular flexibility index (Phi) is 4.28. The SMILES string of the molecule is CCNc1ncnc(N(C)CC(C)(C)O)c1C. The van der Waals surface area contributed by atoms with E-state index in [0.717, 1.165) is 23.7 Å². The van der Waals surface area contributed by atoms with Gasteiger partial charge in [0.15, 0.2) is 0 Å². The molecule has 17 heavy (non-hydrogen) atoms. The summed E-state index contributed by atoms with van der Waals surface area (Å²) in [5.41, 5.74) is 0.255. The predicted octanol–water partition coefficient (Wildman–Crippen LogP) is 1.42. The first-order chi connectivity index (χ1) is 7.85. The van der Waals surface area contributed by atoms with E-state index in [-0.39, 0.29) is 0 Å². The number of aliphatic hydroxyl groups is 1. The number of nitrogens with zero attached hydrogens (tertiary/aromatic N) is 3. The summed E-state index contributed by atoms with van der Waals surface area (Å²) in [4.78, 5) is 10.4. The minimum atomic E-state index is -0.746. The normalized spacial score (nSPS) is 11.4. The van der Waals surface area contributed by atoms with Crippen molar-refractivity contribution in [2.75, 3.05) is 30.4 Å². The molecule has 0 atom stereocenters. The van der Waals surface area contributed by atoms with Gasteiger partial charge < -0.3 is 15.3 Å². The van der Waals surface area contributed by atoms with E-state index in [9.17, 15) is 5.11 Å². The Balaban J connectivity index is 2.94. The zero-order valence-corrected chi connectivity index (χ0v) is 11.3. The van der Waals surface area contributed by atoms with Crippen molar-refractivity contribution in [3.05, 3.63) is 11.9 Å². The number of hydrogen-bond acceptors (Lipinski definition) is 5. The molecule has 0 fully saturated rings. The van der Waals surface area contributed by atoms with Gasteiger partial charge in [0, 0.05) is 25.7 Å². The number of hydrogen-bond donors (Lipinski definition) is 2. The van der Waals surface area contributed by atoms with Crippen molar-refractivity contribution in [3.63, 3.8) is 0 Å². The largest absolute Gasteiger partial charge is 0.389 e. The van der Waals surface area contributed by atoms with E-state index in [4.69, 9.17) is 0 Å². The summed E-state index contributed by atoms with van der Waals surface area (Å²) in [6, 6.07) is 0. The molecule has 0 amide bonds. The van der Waals surface area contributed by atoms with Crippen molar-refractivity contribution in [1.29, 1.82) is 0 Å². The van der Waals surface area contributed by atoms with Crippen molar-refractivity contribution < 1.29 is 5.11 Å². The Bertz CT molecular complexity index is 373. The molecule has 0 radical (unpaired) electrons. The third-order valence-electron chi connectivity index (χ3n) is 2.39. The quantitative estimate of drug-likeness (QED) is 0.812. The molecular formula is C12H22N4O. The number of anilines is 2. The van der Waals surface area contributed by atoms with Gasteiger partial charge in [-0.2, -0.15) is 0 Å². The molecule has 1 aromatic rings. The number of nitrogens with one attached hydrogen (secondary N) is 1. The van der Waals surface area contributed by atoms with Crippen LogP contribution in [0.15, 0.2) is 6.33 Å². The summed E-state index contributed by atoms with van der Waals surface area (Å²) in [5, 5.41) is 13.0. The molecule has 1 heterocycles. The van der Waals surface area contributed by atoms with Gasteiger partial charge in [-0.3, -0.25) is 0 Å². The fourth-order valence-electron chi connectivity index (χ4n) is 1.83. The van der Waals surface area contributed by atoms with Crippen molar-refractivity contribution in [2.45, 2.75) is 33.3 Å².